The number of aliphatic hydroxyl groups is 1. The fraction of sp³-hybridized carbons (Fsp3) is 0.222. The zero-order valence-electron chi connectivity index (χ0n) is 15.2. The Balaban J connectivity index is 1.82. The van der Waals surface area contributed by atoms with Gasteiger partial charge in [-0.05, 0) is 49.4 Å². The molecule has 1 aromatic heterocycles. The lowest BCUT2D eigenvalue weighted by atomic mass is 10.2. The van der Waals surface area contributed by atoms with Gasteiger partial charge in [-0.25, -0.2) is 13.4 Å². The number of aromatic nitrogens is 1. The largest absolute Gasteiger partial charge is 0.497 e. The van der Waals surface area contributed by atoms with Crippen LogP contribution in [0.3, 0.4) is 0 Å². The molecule has 0 aliphatic heterocycles. The molecule has 10 heteroatoms. The zero-order valence-corrected chi connectivity index (χ0v) is 16.8. The van der Waals surface area contributed by atoms with Gasteiger partial charge < -0.3 is 15.2 Å². The van der Waals surface area contributed by atoms with Crippen molar-refractivity contribution in [2.24, 2.45) is 0 Å². The Morgan fingerprint density at radius 1 is 1.25 bits per heavy atom. The van der Waals surface area contributed by atoms with Crippen molar-refractivity contribution in [3.8, 4) is 5.75 Å². The number of amides is 1. The Hall–Kier alpha value is -2.69. The summed E-state index contributed by atoms with van der Waals surface area (Å²) in [6.07, 6.45) is 0. The van der Waals surface area contributed by atoms with E-state index in [9.17, 15) is 13.2 Å². The second-order valence-electron chi connectivity index (χ2n) is 6.04. The van der Waals surface area contributed by atoms with Crippen LogP contribution in [0.5, 0.6) is 5.75 Å². The molecule has 2 aromatic carbocycles. The highest BCUT2D eigenvalue weighted by atomic mass is 32.2. The number of carbonyl (C=O) groups is 1. The summed E-state index contributed by atoms with van der Waals surface area (Å²) in [6.45, 7) is 1.53. The molecular weight excluding hydrogens is 402 g/mol. The summed E-state index contributed by atoms with van der Waals surface area (Å²) in [6, 6.07) is 10.5. The molecule has 0 fully saturated rings. The van der Waals surface area contributed by atoms with Crippen LogP contribution in [0.15, 0.2) is 47.4 Å². The second-order valence-corrected chi connectivity index (χ2v) is 8.75. The average molecular weight is 422 g/mol. The van der Waals surface area contributed by atoms with E-state index in [1.54, 1.807) is 37.3 Å². The summed E-state index contributed by atoms with van der Waals surface area (Å²) < 4.78 is 33.2. The smallest absolute Gasteiger partial charge is 0.263 e. The highest BCUT2D eigenvalue weighted by Crippen LogP contribution is 2.29. The number of nitrogens with zero attached hydrogens (tertiary/aromatic N) is 1. The minimum absolute atomic E-state index is 0.0885. The van der Waals surface area contributed by atoms with Crippen molar-refractivity contribution in [2.75, 3.05) is 18.4 Å². The summed E-state index contributed by atoms with van der Waals surface area (Å²) in [5.41, 5.74) is 0.977. The minimum Gasteiger partial charge on any atom is -0.497 e. The molecule has 0 unspecified atom stereocenters. The lowest BCUT2D eigenvalue weighted by Gasteiger charge is -2.10. The van der Waals surface area contributed by atoms with Crippen molar-refractivity contribution in [1.82, 2.24) is 10.3 Å². The molecule has 28 heavy (non-hydrogen) atoms. The molecule has 8 nitrogen and oxygen atoms in total. The van der Waals surface area contributed by atoms with E-state index in [2.05, 4.69) is 15.0 Å². The van der Waals surface area contributed by atoms with Gasteiger partial charge in [-0.3, -0.25) is 9.52 Å². The van der Waals surface area contributed by atoms with Gasteiger partial charge in [-0.15, -0.1) is 0 Å². The number of fused-ring (bicyclic) bond motifs is 1. The second kappa shape index (κ2) is 8.13. The number of thiazole rings is 1. The van der Waals surface area contributed by atoms with Crippen LogP contribution < -0.4 is 14.8 Å². The first-order valence-corrected chi connectivity index (χ1v) is 10.6. The Labute approximate surface area is 166 Å². The van der Waals surface area contributed by atoms with Crippen molar-refractivity contribution in [2.45, 2.75) is 17.9 Å². The van der Waals surface area contributed by atoms with E-state index in [1.807, 2.05) is 0 Å². The number of anilines is 1. The van der Waals surface area contributed by atoms with Crippen LogP contribution in [0.25, 0.3) is 10.2 Å². The number of benzene rings is 2. The monoisotopic (exact) mass is 421 g/mol. The Bertz CT molecular complexity index is 1090. The molecule has 0 saturated carbocycles. The van der Waals surface area contributed by atoms with Crippen LogP contribution in [-0.4, -0.2) is 44.2 Å². The third-order valence-corrected chi connectivity index (χ3v) is 6.31. The summed E-state index contributed by atoms with van der Waals surface area (Å²) in [4.78, 5) is 16.5. The van der Waals surface area contributed by atoms with E-state index in [4.69, 9.17) is 9.84 Å². The Morgan fingerprint density at radius 2 is 1.96 bits per heavy atom. The molecule has 1 heterocycles. The SMILES string of the molecule is COc1ccc(S(=O)(=O)Nc2nc3ccc(C(=O)N[C@H](C)CO)cc3s2)cc1. The maximum atomic E-state index is 12.5. The van der Waals surface area contributed by atoms with Crippen molar-refractivity contribution in [1.29, 1.82) is 0 Å². The molecule has 148 valence electrons. The van der Waals surface area contributed by atoms with Crippen LogP contribution in [0.2, 0.25) is 0 Å². The van der Waals surface area contributed by atoms with Gasteiger partial charge >= 0.3 is 0 Å². The van der Waals surface area contributed by atoms with Gasteiger partial charge in [0.05, 0.1) is 28.8 Å². The van der Waals surface area contributed by atoms with Gasteiger partial charge in [0.1, 0.15) is 5.75 Å². The number of nitrogens with one attached hydrogen (secondary N) is 2. The third-order valence-electron chi connectivity index (χ3n) is 3.89. The van der Waals surface area contributed by atoms with E-state index < -0.39 is 10.0 Å². The minimum atomic E-state index is -3.80. The number of rotatable bonds is 7. The number of ether oxygens (including phenoxy) is 1. The number of sulfonamides is 1. The highest BCUT2D eigenvalue weighted by Gasteiger charge is 2.17. The Morgan fingerprint density at radius 3 is 2.61 bits per heavy atom. The molecule has 0 bridgehead atoms. The van der Waals surface area contributed by atoms with E-state index in [-0.39, 0.29) is 28.6 Å². The first kappa shape index (κ1) is 20.1. The lowest BCUT2D eigenvalue weighted by molar-refractivity contribution is 0.0922. The highest BCUT2D eigenvalue weighted by molar-refractivity contribution is 7.93. The number of carbonyl (C=O) groups excluding carboxylic acids is 1. The molecule has 0 radical (unpaired) electrons. The molecular formula is C18H19N3O5S2. The first-order valence-electron chi connectivity index (χ1n) is 8.31. The van der Waals surface area contributed by atoms with Crippen LogP contribution in [0.4, 0.5) is 5.13 Å². The average Bonchev–Trinajstić information content (AvgIpc) is 3.08. The molecule has 0 aliphatic rings. The van der Waals surface area contributed by atoms with E-state index >= 15 is 0 Å². The predicted molar refractivity (Wildman–Crippen MR) is 107 cm³/mol. The molecule has 3 aromatic rings. The van der Waals surface area contributed by atoms with E-state index in [1.165, 1.54) is 19.2 Å². The molecule has 0 aliphatic carbocycles. The van der Waals surface area contributed by atoms with Gasteiger partial charge in [-0.2, -0.15) is 0 Å². The normalized spacial score (nSPS) is 12.5. The molecule has 1 amide bonds. The maximum Gasteiger partial charge on any atom is 0.263 e. The quantitative estimate of drug-likeness (QED) is 0.538. The molecule has 3 rings (SSSR count). The number of methoxy groups -OCH3 is 1. The van der Waals surface area contributed by atoms with Crippen molar-refractivity contribution in [3.63, 3.8) is 0 Å². The fourth-order valence-corrected chi connectivity index (χ4v) is 4.53. The molecule has 0 spiro atoms. The van der Waals surface area contributed by atoms with E-state index in [0.29, 0.717) is 21.5 Å². The maximum absolute atomic E-state index is 12.5. The van der Waals surface area contributed by atoms with Gasteiger partial charge in [0.2, 0.25) is 0 Å². The first-order chi connectivity index (χ1) is 13.3. The summed E-state index contributed by atoms with van der Waals surface area (Å²) in [7, 11) is -2.29. The van der Waals surface area contributed by atoms with Crippen LogP contribution >= 0.6 is 11.3 Å². The van der Waals surface area contributed by atoms with Crippen molar-refractivity contribution < 1.29 is 23.1 Å². The molecule has 3 N–H and O–H groups in total. The van der Waals surface area contributed by atoms with Gasteiger partial charge in [0, 0.05) is 11.6 Å². The van der Waals surface area contributed by atoms with Crippen LogP contribution in [0, 0.1) is 0 Å². The van der Waals surface area contributed by atoms with Gasteiger partial charge in [0.25, 0.3) is 15.9 Å². The number of hydrogen-bond acceptors (Lipinski definition) is 7. The Kier molecular flexibility index (Phi) is 5.82. The van der Waals surface area contributed by atoms with Gasteiger partial charge in [-0.1, -0.05) is 11.3 Å². The van der Waals surface area contributed by atoms with Crippen LogP contribution in [-0.2, 0) is 10.0 Å². The molecule has 0 saturated heterocycles. The summed E-state index contributed by atoms with van der Waals surface area (Å²) in [5, 5.41) is 11.9. The van der Waals surface area contributed by atoms with E-state index in [0.717, 1.165) is 11.3 Å². The third kappa shape index (κ3) is 4.41. The fourth-order valence-electron chi connectivity index (χ4n) is 2.39. The summed E-state index contributed by atoms with van der Waals surface area (Å²) >= 11 is 1.13. The lowest BCUT2D eigenvalue weighted by Crippen LogP contribution is -2.34. The standard InChI is InChI=1S/C18H19N3O5S2/c1-11(10-22)19-17(23)12-3-8-15-16(9-12)27-18(20-15)21-28(24,25)14-6-4-13(26-2)5-7-14/h3-9,11,22H,10H2,1-2H3,(H,19,23)(H,20,21)/t11-/m1/s1. The topological polar surface area (TPSA) is 118 Å². The molecule has 1 atom stereocenters. The number of aliphatic hydroxyl groups excluding tert-OH is 1. The zero-order chi connectivity index (χ0) is 20.3. The van der Waals surface area contributed by atoms with Gasteiger partial charge in [0.15, 0.2) is 5.13 Å². The van der Waals surface area contributed by atoms with Crippen LogP contribution in [0.1, 0.15) is 17.3 Å². The van der Waals surface area contributed by atoms with Crippen molar-refractivity contribution in [3.05, 3.63) is 48.0 Å². The number of hydrogen-bond donors (Lipinski definition) is 3. The predicted octanol–water partition coefficient (Wildman–Crippen LogP) is 2.22. The van der Waals surface area contributed by atoms with Crippen molar-refractivity contribution >= 4 is 42.6 Å². The summed E-state index contributed by atoms with van der Waals surface area (Å²) in [5.74, 6) is 0.234.